The van der Waals surface area contributed by atoms with Gasteiger partial charge in [0, 0.05) is 18.8 Å². The lowest BCUT2D eigenvalue weighted by Gasteiger charge is -2.29. The van der Waals surface area contributed by atoms with Gasteiger partial charge in [-0.25, -0.2) is 0 Å². The molecule has 1 aliphatic heterocycles. The molecule has 0 radical (unpaired) electrons. The summed E-state index contributed by atoms with van der Waals surface area (Å²) >= 11 is 0. The van der Waals surface area contributed by atoms with Crippen LogP contribution in [-0.4, -0.2) is 27.8 Å². The highest BCUT2D eigenvalue weighted by Gasteiger charge is 2.36. The van der Waals surface area contributed by atoms with Crippen molar-refractivity contribution in [1.82, 2.24) is 9.47 Å². The van der Waals surface area contributed by atoms with Crippen molar-refractivity contribution in [3.05, 3.63) is 23.0 Å². The van der Waals surface area contributed by atoms with Gasteiger partial charge >= 0.3 is 0 Å². The summed E-state index contributed by atoms with van der Waals surface area (Å²) in [5.41, 5.74) is 3.76. The van der Waals surface area contributed by atoms with Crippen molar-refractivity contribution in [2.75, 3.05) is 6.54 Å². The fraction of sp³-hybridized carbons (Fsp3) is 0.571. The predicted octanol–water partition coefficient (Wildman–Crippen LogP) is 2.07. The summed E-state index contributed by atoms with van der Waals surface area (Å²) in [6, 6.07) is 2.04. The molecule has 0 aromatic carbocycles. The van der Waals surface area contributed by atoms with E-state index < -0.39 is 0 Å². The average Bonchev–Trinajstić information content (AvgIpc) is 2.71. The standard InChI is InChI=1S/C14H19N3O/c1-9(15)16-4-5-17-11(13(16)18)6-10-7-14(2,3)8-12(10)17/h6,15H,4-5,7-8H2,1-3H3. The maximum absolute atomic E-state index is 12.3. The zero-order chi connectivity index (χ0) is 13.1. The molecule has 1 amide bonds. The molecule has 4 nitrogen and oxygen atoms in total. The Kier molecular flexibility index (Phi) is 2.22. The number of carbonyl (C=O) groups is 1. The van der Waals surface area contributed by atoms with Gasteiger partial charge in [0.25, 0.3) is 5.91 Å². The second-order valence-corrected chi connectivity index (χ2v) is 6.21. The van der Waals surface area contributed by atoms with Crippen LogP contribution in [0.5, 0.6) is 0 Å². The molecule has 0 saturated carbocycles. The van der Waals surface area contributed by atoms with Crippen molar-refractivity contribution < 1.29 is 4.79 Å². The maximum Gasteiger partial charge on any atom is 0.275 e. The molecule has 1 N–H and O–H groups in total. The maximum atomic E-state index is 12.3. The summed E-state index contributed by atoms with van der Waals surface area (Å²) in [5, 5.41) is 7.64. The van der Waals surface area contributed by atoms with Crippen molar-refractivity contribution in [1.29, 1.82) is 5.41 Å². The molecule has 0 atom stereocenters. The van der Waals surface area contributed by atoms with Gasteiger partial charge in [0.15, 0.2) is 0 Å². The van der Waals surface area contributed by atoms with E-state index in [1.807, 2.05) is 6.07 Å². The third-order valence-electron chi connectivity index (χ3n) is 4.03. The second kappa shape index (κ2) is 3.46. The van der Waals surface area contributed by atoms with E-state index in [9.17, 15) is 4.79 Å². The SMILES string of the molecule is CC(=N)N1CCn2c(cc3c2CC(C)(C)C3)C1=O. The van der Waals surface area contributed by atoms with Crippen molar-refractivity contribution in [2.24, 2.45) is 5.41 Å². The number of rotatable bonds is 0. The van der Waals surface area contributed by atoms with Gasteiger partial charge in [-0.2, -0.15) is 0 Å². The highest BCUT2D eigenvalue weighted by atomic mass is 16.2. The molecule has 0 bridgehead atoms. The summed E-state index contributed by atoms with van der Waals surface area (Å²) in [7, 11) is 0. The molecular weight excluding hydrogens is 226 g/mol. The lowest BCUT2D eigenvalue weighted by Crippen LogP contribution is -2.43. The first-order valence-corrected chi connectivity index (χ1v) is 6.47. The molecule has 3 rings (SSSR count). The Labute approximate surface area is 107 Å². The zero-order valence-corrected chi connectivity index (χ0v) is 11.2. The van der Waals surface area contributed by atoms with E-state index in [4.69, 9.17) is 5.41 Å². The molecule has 4 heteroatoms. The molecule has 0 unspecified atom stereocenters. The Balaban J connectivity index is 2.02. The minimum atomic E-state index is -0.0130. The van der Waals surface area contributed by atoms with Crippen LogP contribution < -0.4 is 0 Å². The largest absolute Gasteiger partial charge is 0.339 e. The summed E-state index contributed by atoms with van der Waals surface area (Å²) < 4.78 is 2.17. The first-order valence-electron chi connectivity index (χ1n) is 6.47. The molecule has 2 heterocycles. The number of hydrogen-bond acceptors (Lipinski definition) is 2. The van der Waals surface area contributed by atoms with Crippen LogP contribution in [0.3, 0.4) is 0 Å². The Hall–Kier alpha value is -1.58. The van der Waals surface area contributed by atoms with Crippen LogP contribution in [0, 0.1) is 10.8 Å². The van der Waals surface area contributed by atoms with Gasteiger partial charge in [0.1, 0.15) is 5.69 Å². The number of amides is 1. The van der Waals surface area contributed by atoms with Gasteiger partial charge < -0.3 is 4.57 Å². The highest BCUT2D eigenvalue weighted by molar-refractivity contribution is 6.04. The lowest BCUT2D eigenvalue weighted by molar-refractivity contribution is 0.0804. The van der Waals surface area contributed by atoms with Crippen LogP contribution in [-0.2, 0) is 19.4 Å². The van der Waals surface area contributed by atoms with Crippen molar-refractivity contribution in [2.45, 2.75) is 40.2 Å². The Morgan fingerprint density at radius 3 is 2.72 bits per heavy atom. The summed E-state index contributed by atoms with van der Waals surface area (Å²) in [4.78, 5) is 13.9. The van der Waals surface area contributed by atoms with E-state index >= 15 is 0 Å². The van der Waals surface area contributed by atoms with Crippen LogP contribution >= 0.6 is 0 Å². The van der Waals surface area contributed by atoms with Crippen LogP contribution in [0.25, 0.3) is 0 Å². The number of fused-ring (bicyclic) bond motifs is 3. The first kappa shape index (κ1) is 11.5. The van der Waals surface area contributed by atoms with E-state index in [0.29, 0.717) is 17.8 Å². The topological polar surface area (TPSA) is 49.1 Å². The zero-order valence-electron chi connectivity index (χ0n) is 11.2. The normalized spacial score (nSPS) is 20.8. The van der Waals surface area contributed by atoms with Gasteiger partial charge in [-0.3, -0.25) is 15.1 Å². The third kappa shape index (κ3) is 1.51. The monoisotopic (exact) mass is 245 g/mol. The quantitative estimate of drug-likeness (QED) is 0.552. The van der Waals surface area contributed by atoms with Gasteiger partial charge in [-0.1, -0.05) is 13.8 Å². The molecule has 96 valence electrons. The van der Waals surface area contributed by atoms with Crippen molar-refractivity contribution in [3.8, 4) is 0 Å². The molecule has 2 aliphatic rings. The summed E-state index contributed by atoms with van der Waals surface area (Å²) in [5.74, 6) is 0.328. The fourth-order valence-electron chi connectivity index (χ4n) is 3.23. The van der Waals surface area contributed by atoms with Gasteiger partial charge in [0.05, 0.1) is 5.84 Å². The molecular formula is C14H19N3O. The van der Waals surface area contributed by atoms with E-state index in [1.165, 1.54) is 11.3 Å². The molecule has 0 fully saturated rings. The van der Waals surface area contributed by atoms with Gasteiger partial charge in [0.2, 0.25) is 0 Å². The Morgan fingerprint density at radius 1 is 1.33 bits per heavy atom. The van der Waals surface area contributed by atoms with Gasteiger partial charge in [-0.05, 0) is 36.8 Å². The number of nitrogens with one attached hydrogen (secondary N) is 1. The van der Waals surface area contributed by atoms with Crippen LogP contribution in [0.2, 0.25) is 0 Å². The molecule has 1 aliphatic carbocycles. The van der Waals surface area contributed by atoms with Crippen LogP contribution in [0.15, 0.2) is 6.07 Å². The molecule has 0 saturated heterocycles. The number of carbonyl (C=O) groups excluding carboxylic acids is 1. The minimum Gasteiger partial charge on any atom is -0.339 e. The Bertz CT molecular complexity index is 554. The predicted molar refractivity (Wildman–Crippen MR) is 70.1 cm³/mol. The number of nitrogens with zero attached hydrogens (tertiary/aromatic N) is 2. The van der Waals surface area contributed by atoms with E-state index in [-0.39, 0.29) is 5.91 Å². The Morgan fingerprint density at radius 2 is 2.06 bits per heavy atom. The third-order valence-corrected chi connectivity index (χ3v) is 4.03. The molecule has 1 aromatic rings. The van der Waals surface area contributed by atoms with E-state index in [2.05, 4.69) is 18.4 Å². The number of aromatic nitrogens is 1. The van der Waals surface area contributed by atoms with E-state index in [1.54, 1.807) is 11.8 Å². The molecule has 1 aromatic heterocycles. The van der Waals surface area contributed by atoms with Gasteiger partial charge in [-0.15, -0.1) is 0 Å². The minimum absolute atomic E-state index is 0.0130. The fourth-order valence-corrected chi connectivity index (χ4v) is 3.23. The van der Waals surface area contributed by atoms with Crippen LogP contribution in [0.4, 0.5) is 0 Å². The first-order chi connectivity index (χ1) is 8.39. The van der Waals surface area contributed by atoms with E-state index in [0.717, 1.165) is 25.1 Å². The summed E-state index contributed by atoms with van der Waals surface area (Å²) in [6.07, 6.45) is 2.11. The number of amidine groups is 1. The van der Waals surface area contributed by atoms with Crippen molar-refractivity contribution >= 4 is 11.7 Å². The average molecular weight is 245 g/mol. The highest BCUT2D eigenvalue weighted by Crippen LogP contribution is 2.38. The molecule has 0 spiro atoms. The number of hydrogen-bond donors (Lipinski definition) is 1. The smallest absolute Gasteiger partial charge is 0.275 e. The van der Waals surface area contributed by atoms with Crippen LogP contribution in [0.1, 0.15) is 42.5 Å². The second-order valence-electron chi connectivity index (χ2n) is 6.21. The summed E-state index contributed by atoms with van der Waals surface area (Å²) in [6.45, 7) is 7.68. The molecule has 18 heavy (non-hydrogen) atoms. The lowest BCUT2D eigenvalue weighted by atomic mass is 9.90. The van der Waals surface area contributed by atoms with Crippen molar-refractivity contribution in [3.63, 3.8) is 0 Å².